The number of halogens is 1. The third kappa shape index (κ3) is 2.78. The van der Waals surface area contributed by atoms with Crippen LogP contribution in [-0.4, -0.2) is 12.1 Å². The van der Waals surface area contributed by atoms with Gasteiger partial charge in [0, 0.05) is 33.5 Å². The summed E-state index contributed by atoms with van der Waals surface area (Å²) in [5.41, 5.74) is 9.40. The van der Waals surface area contributed by atoms with Crippen molar-refractivity contribution in [3.05, 3.63) is 53.1 Å². The summed E-state index contributed by atoms with van der Waals surface area (Å²) in [6.07, 6.45) is 1.76. The van der Waals surface area contributed by atoms with Gasteiger partial charge >= 0.3 is 0 Å². The number of ether oxygens (including phenoxy) is 1. The molecule has 0 amide bonds. The standard InChI is InChI=1S/C16H14BrN3O/c1-21-12-4-2-3-11(8-12)20-15-6-5-14(18)13-7-10(17)9-19-16(13)15/h2-9,20H,18H2,1H3. The number of benzene rings is 2. The minimum Gasteiger partial charge on any atom is -0.497 e. The highest BCUT2D eigenvalue weighted by Gasteiger charge is 2.07. The Bertz CT molecular complexity index is 805. The fraction of sp³-hybridized carbons (Fsp3) is 0.0625. The van der Waals surface area contributed by atoms with E-state index in [-0.39, 0.29) is 0 Å². The van der Waals surface area contributed by atoms with E-state index in [9.17, 15) is 0 Å². The number of nitrogens with zero attached hydrogens (tertiary/aromatic N) is 1. The highest BCUT2D eigenvalue weighted by atomic mass is 79.9. The fourth-order valence-corrected chi connectivity index (χ4v) is 2.50. The lowest BCUT2D eigenvalue weighted by Gasteiger charge is -2.11. The Morgan fingerprint density at radius 2 is 2.05 bits per heavy atom. The largest absolute Gasteiger partial charge is 0.497 e. The number of fused-ring (bicyclic) bond motifs is 1. The van der Waals surface area contributed by atoms with Crippen LogP contribution in [0.25, 0.3) is 10.9 Å². The van der Waals surface area contributed by atoms with Gasteiger partial charge in [0.15, 0.2) is 0 Å². The molecule has 0 unspecified atom stereocenters. The van der Waals surface area contributed by atoms with Crippen molar-refractivity contribution in [2.24, 2.45) is 0 Å². The van der Waals surface area contributed by atoms with Crippen molar-refractivity contribution in [2.45, 2.75) is 0 Å². The van der Waals surface area contributed by atoms with Gasteiger partial charge in [-0.1, -0.05) is 6.07 Å². The van der Waals surface area contributed by atoms with Crippen LogP contribution in [0.1, 0.15) is 0 Å². The van der Waals surface area contributed by atoms with Gasteiger partial charge in [-0.05, 0) is 46.3 Å². The molecule has 0 aliphatic rings. The third-order valence-corrected chi connectivity index (χ3v) is 3.63. The zero-order chi connectivity index (χ0) is 14.8. The Morgan fingerprint density at radius 1 is 1.19 bits per heavy atom. The summed E-state index contributed by atoms with van der Waals surface area (Å²) >= 11 is 3.42. The molecule has 3 N–H and O–H groups in total. The first-order chi connectivity index (χ1) is 10.2. The monoisotopic (exact) mass is 343 g/mol. The van der Waals surface area contributed by atoms with Crippen molar-refractivity contribution < 1.29 is 4.74 Å². The summed E-state index contributed by atoms with van der Waals surface area (Å²) < 4.78 is 6.14. The quantitative estimate of drug-likeness (QED) is 0.694. The molecule has 0 saturated carbocycles. The molecule has 1 aromatic heterocycles. The van der Waals surface area contributed by atoms with Crippen molar-refractivity contribution in [1.82, 2.24) is 4.98 Å². The van der Waals surface area contributed by atoms with Gasteiger partial charge in [0.25, 0.3) is 0 Å². The molecule has 4 nitrogen and oxygen atoms in total. The number of nitrogen functional groups attached to an aromatic ring is 1. The molecule has 3 aromatic rings. The molecule has 21 heavy (non-hydrogen) atoms. The molecule has 1 heterocycles. The van der Waals surface area contributed by atoms with Crippen LogP contribution in [-0.2, 0) is 0 Å². The van der Waals surface area contributed by atoms with E-state index in [4.69, 9.17) is 10.5 Å². The summed E-state index contributed by atoms with van der Waals surface area (Å²) in [4.78, 5) is 4.46. The van der Waals surface area contributed by atoms with Crippen LogP contribution in [0.15, 0.2) is 53.1 Å². The molecule has 0 saturated heterocycles. The van der Waals surface area contributed by atoms with Crippen LogP contribution in [0, 0.1) is 0 Å². The van der Waals surface area contributed by atoms with Gasteiger partial charge in [-0.3, -0.25) is 4.98 Å². The molecule has 0 spiro atoms. The molecule has 0 atom stereocenters. The number of aromatic nitrogens is 1. The SMILES string of the molecule is COc1cccc(Nc2ccc(N)c3cc(Br)cnc23)c1. The Labute approximate surface area is 131 Å². The number of hydrogen-bond acceptors (Lipinski definition) is 4. The highest BCUT2D eigenvalue weighted by Crippen LogP contribution is 2.31. The number of anilines is 3. The van der Waals surface area contributed by atoms with Crippen molar-refractivity contribution in [3.8, 4) is 5.75 Å². The first-order valence-corrected chi connectivity index (χ1v) is 7.21. The number of nitrogens with two attached hydrogens (primary N) is 1. The van der Waals surface area contributed by atoms with Crippen LogP contribution in [0.5, 0.6) is 5.75 Å². The number of methoxy groups -OCH3 is 1. The molecular weight excluding hydrogens is 330 g/mol. The van der Waals surface area contributed by atoms with Crippen LogP contribution < -0.4 is 15.8 Å². The smallest absolute Gasteiger partial charge is 0.120 e. The molecule has 2 aromatic carbocycles. The summed E-state index contributed by atoms with van der Waals surface area (Å²) in [7, 11) is 1.65. The van der Waals surface area contributed by atoms with Gasteiger partial charge in [-0.2, -0.15) is 0 Å². The molecule has 0 aliphatic heterocycles. The highest BCUT2D eigenvalue weighted by molar-refractivity contribution is 9.10. The topological polar surface area (TPSA) is 60.2 Å². The summed E-state index contributed by atoms with van der Waals surface area (Å²) in [5.74, 6) is 0.801. The Morgan fingerprint density at radius 3 is 2.86 bits per heavy atom. The van der Waals surface area contributed by atoms with Crippen molar-refractivity contribution in [2.75, 3.05) is 18.2 Å². The number of pyridine rings is 1. The summed E-state index contributed by atoms with van der Waals surface area (Å²) in [5, 5.41) is 4.27. The summed E-state index contributed by atoms with van der Waals surface area (Å²) in [6.45, 7) is 0. The molecule has 0 aliphatic carbocycles. The molecule has 3 rings (SSSR count). The Kier molecular flexibility index (Phi) is 3.66. The maximum Gasteiger partial charge on any atom is 0.120 e. The lowest BCUT2D eigenvalue weighted by atomic mass is 10.1. The molecular formula is C16H14BrN3O. The van der Waals surface area contributed by atoms with Gasteiger partial charge in [-0.25, -0.2) is 0 Å². The normalized spacial score (nSPS) is 10.6. The van der Waals surface area contributed by atoms with Crippen LogP contribution in [0.2, 0.25) is 0 Å². The first-order valence-electron chi connectivity index (χ1n) is 6.42. The number of rotatable bonds is 3. The predicted molar refractivity (Wildman–Crippen MR) is 90.1 cm³/mol. The molecule has 0 radical (unpaired) electrons. The second-order valence-electron chi connectivity index (χ2n) is 4.61. The number of hydrogen-bond donors (Lipinski definition) is 2. The average Bonchev–Trinajstić information content (AvgIpc) is 2.50. The lowest BCUT2D eigenvalue weighted by molar-refractivity contribution is 0.415. The first kappa shape index (κ1) is 13.7. The van der Waals surface area contributed by atoms with Gasteiger partial charge in [0.2, 0.25) is 0 Å². The molecule has 0 fully saturated rings. The maximum absolute atomic E-state index is 6.02. The maximum atomic E-state index is 6.02. The second kappa shape index (κ2) is 5.61. The third-order valence-electron chi connectivity index (χ3n) is 3.20. The molecule has 106 valence electrons. The van der Waals surface area contributed by atoms with E-state index < -0.39 is 0 Å². The molecule has 5 heteroatoms. The van der Waals surface area contributed by atoms with Gasteiger partial charge < -0.3 is 15.8 Å². The number of nitrogens with one attached hydrogen (secondary N) is 1. The van der Waals surface area contributed by atoms with E-state index in [2.05, 4.69) is 26.2 Å². The van der Waals surface area contributed by atoms with Crippen LogP contribution >= 0.6 is 15.9 Å². The molecule has 0 bridgehead atoms. The lowest BCUT2D eigenvalue weighted by Crippen LogP contribution is -1.96. The van der Waals surface area contributed by atoms with Crippen molar-refractivity contribution >= 4 is 43.9 Å². The van der Waals surface area contributed by atoms with E-state index >= 15 is 0 Å². The van der Waals surface area contributed by atoms with E-state index in [0.29, 0.717) is 5.69 Å². The second-order valence-corrected chi connectivity index (χ2v) is 5.52. The van der Waals surface area contributed by atoms with Crippen molar-refractivity contribution in [1.29, 1.82) is 0 Å². The van der Waals surface area contributed by atoms with E-state index in [1.165, 1.54) is 0 Å². The van der Waals surface area contributed by atoms with Crippen LogP contribution in [0.4, 0.5) is 17.1 Å². The zero-order valence-electron chi connectivity index (χ0n) is 11.4. The van der Waals surface area contributed by atoms with E-state index in [1.807, 2.05) is 42.5 Å². The minimum atomic E-state index is 0.704. The Balaban J connectivity index is 2.06. The fourth-order valence-electron chi connectivity index (χ4n) is 2.17. The van der Waals surface area contributed by atoms with E-state index in [0.717, 1.165) is 32.5 Å². The summed E-state index contributed by atoms with van der Waals surface area (Å²) in [6, 6.07) is 13.5. The van der Waals surface area contributed by atoms with E-state index in [1.54, 1.807) is 13.3 Å². The van der Waals surface area contributed by atoms with Gasteiger partial charge in [0.05, 0.1) is 18.3 Å². The van der Waals surface area contributed by atoms with Crippen LogP contribution in [0.3, 0.4) is 0 Å². The zero-order valence-corrected chi connectivity index (χ0v) is 13.0. The Hall–Kier alpha value is -2.27. The van der Waals surface area contributed by atoms with Crippen molar-refractivity contribution in [3.63, 3.8) is 0 Å². The van der Waals surface area contributed by atoms with Gasteiger partial charge in [0.1, 0.15) is 5.75 Å². The minimum absolute atomic E-state index is 0.704. The average molecular weight is 344 g/mol. The predicted octanol–water partition coefficient (Wildman–Crippen LogP) is 4.33. The van der Waals surface area contributed by atoms with Gasteiger partial charge in [-0.15, -0.1) is 0 Å².